The molecule has 0 aliphatic carbocycles. The van der Waals surface area contributed by atoms with Gasteiger partial charge in [0.15, 0.2) is 0 Å². The number of rotatable bonds is 7. The maximum Gasteiger partial charge on any atom is 0.223 e. The number of hydrogen-bond donors (Lipinski definition) is 0. The molecule has 26 heavy (non-hydrogen) atoms. The molecule has 1 aliphatic heterocycles. The van der Waals surface area contributed by atoms with E-state index < -0.39 is 0 Å². The molecule has 0 spiro atoms. The lowest BCUT2D eigenvalue weighted by Gasteiger charge is -2.34. The number of nitrogens with zero attached hydrogens (tertiary/aromatic N) is 3. The van der Waals surface area contributed by atoms with E-state index in [1.54, 1.807) is 25.1 Å². The zero-order chi connectivity index (χ0) is 18.2. The number of amides is 1. The summed E-state index contributed by atoms with van der Waals surface area (Å²) >= 11 is 1.71. The van der Waals surface area contributed by atoms with Gasteiger partial charge in [0, 0.05) is 62.2 Å². The molecular weight excluding hydrogens is 346 g/mol. The molecule has 0 N–H and O–H groups in total. The summed E-state index contributed by atoms with van der Waals surface area (Å²) in [4.78, 5) is 22.1. The van der Waals surface area contributed by atoms with Crippen molar-refractivity contribution >= 4 is 17.7 Å². The number of aromatic nitrogens is 1. The number of piperazine rings is 1. The lowest BCUT2D eigenvalue weighted by molar-refractivity contribution is -0.132. The lowest BCUT2D eigenvalue weighted by Crippen LogP contribution is -2.48. The lowest BCUT2D eigenvalue weighted by atomic mass is 10.2. The largest absolute Gasteiger partial charge is 0.497 e. The third kappa shape index (κ3) is 5.47. The second kappa shape index (κ2) is 9.59. The Morgan fingerprint density at radius 3 is 2.58 bits per heavy atom. The van der Waals surface area contributed by atoms with Gasteiger partial charge in [0.1, 0.15) is 5.75 Å². The Kier molecular flexibility index (Phi) is 6.91. The van der Waals surface area contributed by atoms with Crippen molar-refractivity contribution in [2.45, 2.75) is 17.9 Å². The minimum absolute atomic E-state index is 0.257. The minimum atomic E-state index is 0.257. The van der Waals surface area contributed by atoms with Gasteiger partial charge in [-0.1, -0.05) is 6.07 Å². The van der Waals surface area contributed by atoms with Crippen molar-refractivity contribution in [1.82, 2.24) is 14.8 Å². The van der Waals surface area contributed by atoms with Crippen molar-refractivity contribution < 1.29 is 9.53 Å². The van der Waals surface area contributed by atoms with Crippen molar-refractivity contribution in [3.63, 3.8) is 0 Å². The van der Waals surface area contributed by atoms with Crippen LogP contribution in [-0.2, 0) is 11.3 Å². The summed E-state index contributed by atoms with van der Waals surface area (Å²) < 4.78 is 5.16. The zero-order valence-electron chi connectivity index (χ0n) is 15.1. The molecule has 1 saturated heterocycles. The molecule has 0 radical (unpaired) electrons. The van der Waals surface area contributed by atoms with Gasteiger partial charge in [0.25, 0.3) is 0 Å². The topological polar surface area (TPSA) is 45.7 Å². The second-order valence-electron chi connectivity index (χ2n) is 6.29. The van der Waals surface area contributed by atoms with Gasteiger partial charge in [-0.3, -0.25) is 14.7 Å². The van der Waals surface area contributed by atoms with Crippen LogP contribution in [0.4, 0.5) is 0 Å². The summed E-state index contributed by atoms with van der Waals surface area (Å²) in [5, 5.41) is 0. The van der Waals surface area contributed by atoms with Gasteiger partial charge in [0.05, 0.1) is 7.11 Å². The second-order valence-corrected chi connectivity index (χ2v) is 7.46. The summed E-state index contributed by atoms with van der Waals surface area (Å²) in [6, 6.07) is 12.0. The van der Waals surface area contributed by atoms with E-state index >= 15 is 0 Å². The Bertz CT molecular complexity index is 686. The fraction of sp³-hybridized carbons (Fsp3) is 0.400. The van der Waals surface area contributed by atoms with E-state index in [1.807, 2.05) is 41.4 Å². The normalized spacial score (nSPS) is 15.0. The molecule has 3 rings (SSSR count). The smallest absolute Gasteiger partial charge is 0.223 e. The number of ether oxygens (including phenoxy) is 1. The maximum absolute atomic E-state index is 12.4. The van der Waals surface area contributed by atoms with E-state index in [0.717, 1.165) is 44.2 Å². The van der Waals surface area contributed by atoms with Gasteiger partial charge < -0.3 is 9.64 Å². The monoisotopic (exact) mass is 371 g/mol. The van der Waals surface area contributed by atoms with Gasteiger partial charge in [-0.25, -0.2) is 0 Å². The van der Waals surface area contributed by atoms with E-state index in [4.69, 9.17) is 4.74 Å². The first kappa shape index (κ1) is 18.7. The first-order valence-electron chi connectivity index (χ1n) is 8.90. The quantitative estimate of drug-likeness (QED) is 0.701. The Labute approximate surface area is 159 Å². The molecule has 1 aromatic heterocycles. The summed E-state index contributed by atoms with van der Waals surface area (Å²) in [6.45, 7) is 4.38. The van der Waals surface area contributed by atoms with Crippen LogP contribution < -0.4 is 4.74 Å². The Balaban J connectivity index is 1.36. The van der Waals surface area contributed by atoms with Crippen molar-refractivity contribution in [1.29, 1.82) is 0 Å². The standard InChI is InChI=1S/C20H25N3O2S/c1-25-18-4-6-19(7-5-18)26-14-8-20(24)23-12-10-22(11-13-23)16-17-3-2-9-21-15-17/h2-7,9,15H,8,10-14,16H2,1H3. The van der Waals surface area contributed by atoms with Crippen LogP contribution in [0.3, 0.4) is 0 Å². The molecule has 1 amide bonds. The van der Waals surface area contributed by atoms with E-state index in [1.165, 1.54) is 10.5 Å². The van der Waals surface area contributed by atoms with Gasteiger partial charge >= 0.3 is 0 Å². The van der Waals surface area contributed by atoms with Crippen molar-refractivity contribution in [3.05, 3.63) is 54.4 Å². The molecule has 0 unspecified atom stereocenters. The van der Waals surface area contributed by atoms with E-state index in [-0.39, 0.29) is 5.91 Å². The molecule has 5 nitrogen and oxygen atoms in total. The SMILES string of the molecule is COc1ccc(SCCC(=O)N2CCN(Cc3cccnc3)CC2)cc1. The number of carbonyl (C=O) groups excluding carboxylic acids is 1. The van der Waals surface area contributed by atoms with Crippen LogP contribution in [0.5, 0.6) is 5.75 Å². The van der Waals surface area contributed by atoms with Gasteiger partial charge in [-0.05, 0) is 35.9 Å². The van der Waals surface area contributed by atoms with Crippen molar-refractivity contribution in [2.24, 2.45) is 0 Å². The first-order valence-corrected chi connectivity index (χ1v) is 9.89. The molecular formula is C20H25N3O2S. The predicted octanol–water partition coefficient (Wildman–Crippen LogP) is 2.92. The molecule has 0 atom stereocenters. The molecule has 2 heterocycles. The number of benzene rings is 1. The molecule has 1 fully saturated rings. The molecule has 0 bridgehead atoms. The maximum atomic E-state index is 12.4. The fourth-order valence-corrected chi connectivity index (χ4v) is 3.83. The van der Waals surface area contributed by atoms with Crippen molar-refractivity contribution in [2.75, 3.05) is 39.0 Å². The summed E-state index contributed by atoms with van der Waals surface area (Å²) in [5.41, 5.74) is 1.23. The molecule has 0 saturated carbocycles. The van der Waals surface area contributed by atoms with E-state index in [9.17, 15) is 4.79 Å². The predicted molar refractivity (Wildman–Crippen MR) is 104 cm³/mol. The first-order chi connectivity index (χ1) is 12.7. The highest BCUT2D eigenvalue weighted by atomic mass is 32.2. The van der Waals surface area contributed by atoms with Crippen LogP contribution in [0, 0.1) is 0 Å². The van der Waals surface area contributed by atoms with Crippen LogP contribution in [0.1, 0.15) is 12.0 Å². The fourth-order valence-electron chi connectivity index (χ4n) is 2.99. The highest BCUT2D eigenvalue weighted by molar-refractivity contribution is 7.99. The van der Waals surface area contributed by atoms with Crippen LogP contribution in [0.25, 0.3) is 0 Å². The van der Waals surface area contributed by atoms with E-state index in [2.05, 4.69) is 16.0 Å². The van der Waals surface area contributed by atoms with Crippen molar-refractivity contribution in [3.8, 4) is 5.75 Å². The van der Waals surface area contributed by atoms with Gasteiger partial charge in [-0.15, -0.1) is 11.8 Å². The number of carbonyl (C=O) groups is 1. The number of thioether (sulfide) groups is 1. The number of pyridine rings is 1. The molecule has 1 aromatic carbocycles. The Hall–Kier alpha value is -2.05. The van der Waals surface area contributed by atoms with Gasteiger partial charge in [0.2, 0.25) is 5.91 Å². The van der Waals surface area contributed by atoms with E-state index in [0.29, 0.717) is 6.42 Å². The average molecular weight is 372 g/mol. The molecule has 138 valence electrons. The third-order valence-electron chi connectivity index (χ3n) is 4.50. The van der Waals surface area contributed by atoms with Crippen LogP contribution in [0.2, 0.25) is 0 Å². The summed E-state index contributed by atoms with van der Waals surface area (Å²) in [6.07, 6.45) is 4.29. The van der Waals surface area contributed by atoms with Crippen LogP contribution in [-0.4, -0.2) is 59.7 Å². The van der Waals surface area contributed by atoms with Gasteiger partial charge in [-0.2, -0.15) is 0 Å². The summed E-state index contributed by atoms with van der Waals surface area (Å²) in [7, 11) is 1.66. The highest BCUT2D eigenvalue weighted by Gasteiger charge is 2.20. The zero-order valence-corrected chi connectivity index (χ0v) is 16.0. The number of methoxy groups -OCH3 is 1. The van der Waals surface area contributed by atoms with Crippen LogP contribution >= 0.6 is 11.8 Å². The molecule has 6 heteroatoms. The Morgan fingerprint density at radius 1 is 1.15 bits per heavy atom. The van der Waals surface area contributed by atoms with Crippen LogP contribution in [0.15, 0.2) is 53.7 Å². The number of hydrogen-bond acceptors (Lipinski definition) is 5. The molecule has 2 aromatic rings. The highest BCUT2D eigenvalue weighted by Crippen LogP contribution is 2.22. The third-order valence-corrected chi connectivity index (χ3v) is 5.51. The summed E-state index contributed by atoms with van der Waals surface area (Å²) in [5.74, 6) is 1.92. The minimum Gasteiger partial charge on any atom is -0.497 e. The molecule has 1 aliphatic rings. The average Bonchev–Trinajstić information content (AvgIpc) is 2.70. The Morgan fingerprint density at radius 2 is 1.92 bits per heavy atom.